The third-order valence-electron chi connectivity index (χ3n) is 7.29. The standard InChI is InChI=1S/C32H37FO6S/c1-20-15-26(37-13-14-40(5)35)16-21(2)32(20)23-7-6-8-29(22(3)28(33)12-9-23)39-25-10-11-27-24(17-31(34)36-4)19-38-30(27)18-25/h9-12,15-16,18,24,29H,3,6-8,13-14,17,19H2,1-2,4-5H3/b23-9+,28-12+/t24-,29-,40?/m1/s1. The Kier molecular flexibility index (Phi) is 9.85. The highest BCUT2D eigenvalue weighted by atomic mass is 32.2. The Bertz CT molecular complexity index is 1340. The van der Waals surface area contributed by atoms with Gasteiger partial charge in [-0.15, -0.1) is 0 Å². The van der Waals surface area contributed by atoms with E-state index >= 15 is 4.39 Å². The first-order chi connectivity index (χ1) is 19.2. The van der Waals surface area contributed by atoms with Gasteiger partial charge in [0, 0.05) is 40.2 Å². The number of fused-ring (bicyclic) bond motifs is 1. The normalized spacial score (nSPS) is 22.3. The van der Waals surface area contributed by atoms with E-state index < -0.39 is 22.7 Å². The summed E-state index contributed by atoms with van der Waals surface area (Å²) >= 11 is 0. The van der Waals surface area contributed by atoms with Crippen molar-refractivity contribution in [3.8, 4) is 17.2 Å². The molecule has 0 amide bonds. The molecule has 0 saturated heterocycles. The van der Waals surface area contributed by atoms with E-state index in [0.29, 0.717) is 42.5 Å². The largest absolute Gasteiger partial charge is 0.493 e. The molecule has 1 unspecified atom stereocenters. The van der Waals surface area contributed by atoms with Gasteiger partial charge >= 0.3 is 5.97 Å². The predicted molar refractivity (Wildman–Crippen MR) is 156 cm³/mol. The summed E-state index contributed by atoms with van der Waals surface area (Å²) in [6.07, 6.45) is 6.81. The zero-order valence-electron chi connectivity index (χ0n) is 23.6. The van der Waals surface area contributed by atoms with Crippen molar-refractivity contribution in [1.82, 2.24) is 0 Å². The molecule has 0 radical (unpaired) electrons. The van der Waals surface area contributed by atoms with Crippen molar-refractivity contribution in [3.63, 3.8) is 0 Å². The Balaban J connectivity index is 1.46. The van der Waals surface area contributed by atoms with Crippen LogP contribution in [-0.2, 0) is 20.3 Å². The minimum atomic E-state index is -0.905. The summed E-state index contributed by atoms with van der Waals surface area (Å²) in [4.78, 5) is 11.7. The van der Waals surface area contributed by atoms with E-state index in [1.54, 1.807) is 12.3 Å². The molecule has 0 fully saturated rings. The van der Waals surface area contributed by atoms with E-state index in [-0.39, 0.29) is 18.3 Å². The number of rotatable bonds is 9. The van der Waals surface area contributed by atoms with Crippen LogP contribution in [0.4, 0.5) is 4.39 Å². The molecule has 1 aliphatic heterocycles. The molecule has 40 heavy (non-hydrogen) atoms. The first-order valence-electron chi connectivity index (χ1n) is 13.5. The quantitative estimate of drug-likeness (QED) is 0.321. The van der Waals surface area contributed by atoms with E-state index in [1.165, 1.54) is 13.2 Å². The maximum absolute atomic E-state index is 15.3. The molecule has 0 spiro atoms. The molecule has 0 saturated carbocycles. The summed E-state index contributed by atoms with van der Waals surface area (Å²) in [5.74, 6) is 1.71. The van der Waals surface area contributed by atoms with Gasteiger partial charge in [-0.25, -0.2) is 4.39 Å². The van der Waals surface area contributed by atoms with E-state index in [9.17, 15) is 9.00 Å². The molecule has 0 bridgehead atoms. The number of hydrogen-bond acceptors (Lipinski definition) is 6. The molecule has 1 aliphatic carbocycles. The third kappa shape index (κ3) is 7.22. The predicted octanol–water partition coefficient (Wildman–Crippen LogP) is 6.52. The van der Waals surface area contributed by atoms with E-state index in [0.717, 1.165) is 46.4 Å². The van der Waals surface area contributed by atoms with Gasteiger partial charge in [0.1, 0.15) is 29.2 Å². The number of aryl methyl sites for hydroxylation is 2. The summed E-state index contributed by atoms with van der Waals surface area (Å²) in [5.41, 5.74) is 5.45. The highest BCUT2D eigenvalue weighted by Crippen LogP contribution is 2.40. The number of esters is 1. The summed E-state index contributed by atoms with van der Waals surface area (Å²) in [6.45, 7) is 8.86. The number of allylic oxidation sites excluding steroid dienone is 3. The zero-order chi connectivity index (χ0) is 28.8. The van der Waals surface area contributed by atoms with E-state index in [2.05, 4.69) is 6.58 Å². The highest BCUT2D eigenvalue weighted by Gasteiger charge is 2.28. The second-order valence-corrected chi connectivity index (χ2v) is 11.8. The van der Waals surface area contributed by atoms with Crippen LogP contribution in [0.25, 0.3) is 5.57 Å². The Morgan fingerprint density at radius 1 is 1.15 bits per heavy atom. The summed E-state index contributed by atoms with van der Waals surface area (Å²) < 4.78 is 49.2. The van der Waals surface area contributed by atoms with E-state index in [4.69, 9.17) is 18.9 Å². The van der Waals surface area contributed by atoms with Crippen LogP contribution in [0.1, 0.15) is 53.9 Å². The van der Waals surface area contributed by atoms with Gasteiger partial charge in [0.15, 0.2) is 0 Å². The van der Waals surface area contributed by atoms with Gasteiger partial charge in [0.05, 0.1) is 32.5 Å². The number of carbonyl (C=O) groups excluding carboxylic acids is 1. The molecule has 2 aromatic carbocycles. The van der Waals surface area contributed by atoms with Crippen molar-refractivity contribution >= 4 is 22.3 Å². The van der Waals surface area contributed by atoms with Crippen molar-refractivity contribution in [3.05, 3.63) is 82.7 Å². The average molecular weight is 569 g/mol. The first kappa shape index (κ1) is 29.6. The van der Waals surface area contributed by atoms with Gasteiger partial charge in [-0.05, 0) is 79.6 Å². The van der Waals surface area contributed by atoms with Crippen LogP contribution < -0.4 is 14.2 Å². The first-order valence-corrected chi connectivity index (χ1v) is 15.2. The van der Waals surface area contributed by atoms with Crippen molar-refractivity contribution < 1.29 is 32.3 Å². The fourth-order valence-corrected chi connectivity index (χ4v) is 5.57. The Morgan fingerprint density at radius 2 is 1.90 bits per heavy atom. The lowest BCUT2D eigenvalue weighted by atomic mass is 9.91. The van der Waals surface area contributed by atoms with Gasteiger partial charge < -0.3 is 18.9 Å². The lowest BCUT2D eigenvalue weighted by molar-refractivity contribution is -0.141. The van der Waals surface area contributed by atoms with Gasteiger partial charge in [0.25, 0.3) is 0 Å². The van der Waals surface area contributed by atoms with Crippen LogP contribution in [0.5, 0.6) is 17.2 Å². The molecule has 0 aromatic heterocycles. The summed E-state index contributed by atoms with van der Waals surface area (Å²) in [7, 11) is 0.470. The molecule has 6 nitrogen and oxygen atoms in total. The number of methoxy groups -OCH3 is 1. The van der Waals surface area contributed by atoms with Crippen LogP contribution in [0, 0.1) is 13.8 Å². The highest BCUT2D eigenvalue weighted by molar-refractivity contribution is 7.84. The average Bonchev–Trinajstić information content (AvgIpc) is 3.32. The summed E-state index contributed by atoms with van der Waals surface area (Å²) in [6, 6.07) is 9.48. The number of hydrogen-bond donors (Lipinski definition) is 0. The topological polar surface area (TPSA) is 71.1 Å². The third-order valence-corrected chi connectivity index (χ3v) is 8.03. The van der Waals surface area contributed by atoms with Crippen LogP contribution in [0.2, 0.25) is 0 Å². The van der Waals surface area contributed by atoms with Crippen LogP contribution in [-0.4, -0.2) is 48.6 Å². The number of benzene rings is 2. The number of carbonyl (C=O) groups is 1. The Hall–Kier alpha value is -3.39. The number of halogens is 1. The van der Waals surface area contributed by atoms with Gasteiger partial charge in [-0.2, -0.15) is 0 Å². The maximum atomic E-state index is 15.3. The zero-order valence-corrected chi connectivity index (χ0v) is 24.4. The second-order valence-electron chi connectivity index (χ2n) is 10.3. The molecule has 214 valence electrons. The van der Waals surface area contributed by atoms with Crippen LogP contribution in [0.3, 0.4) is 0 Å². The SMILES string of the molecule is C=C1/C(F)=C\C=C(\c2c(C)cc(OCCS(C)=O)cc2C)CCC[C@H]1Oc1ccc2c(c1)OC[C@H]2CC(=O)OC. The molecular formula is C32H37FO6S. The minimum absolute atomic E-state index is 0.0596. The Labute approximate surface area is 238 Å². The second kappa shape index (κ2) is 13.3. The summed E-state index contributed by atoms with van der Waals surface area (Å²) in [5, 5.41) is 0. The molecule has 1 heterocycles. The van der Waals surface area contributed by atoms with E-state index in [1.807, 2.05) is 44.2 Å². The van der Waals surface area contributed by atoms with Gasteiger partial charge in [-0.3, -0.25) is 9.00 Å². The monoisotopic (exact) mass is 568 g/mol. The molecule has 8 heteroatoms. The lowest BCUT2D eigenvalue weighted by Gasteiger charge is -2.21. The molecular weight excluding hydrogens is 531 g/mol. The maximum Gasteiger partial charge on any atom is 0.306 e. The number of ether oxygens (including phenoxy) is 4. The molecule has 2 aliphatic rings. The minimum Gasteiger partial charge on any atom is -0.493 e. The van der Waals surface area contributed by atoms with Gasteiger partial charge in [0.2, 0.25) is 0 Å². The van der Waals surface area contributed by atoms with Crippen molar-refractivity contribution in [2.75, 3.05) is 32.3 Å². The van der Waals surface area contributed by atoms with Crippen LogP contribution >= 0.6 is 0 Å². The fourth-order valence-electron chi connectivity index (χ4n) is 5.25. The lowest BCUT2D eigenvalue weighted by Crippen LogP contribution is -2.19. The van der Waals surface area contributed by atoms with Crippen LogP contribution in [0.15, 0.2) is 60.5 Å². The van der Waals surface area contributed by atoms with Crippen molar-refractivity contribution in [2.24, 2.45) is 0 Å². The van der Waals surface area contributed by atoms with Gasteiger partial charge in [-0.1, -0.05) is 18.7 Å². The molecule has 4 rings (SSSR count). The molecule has 0 N–H and O–H groups in total. The smallest absolute Gasteiger partial charge is 0.306 e. The molecule has 3 atom stereocenters. The fraction of sp³-hybridized carbons (Fsp3) is 0.406. The van der Waals surface area contributed by atoms with Crippen molar-refractivity contribution in [1.29, 1.82) is 0 Å². The Morgan fingerprint density at radius 3 is 2.60 bits per heavy atom. The molecule has 2 aromatic rings. The van der Waals surface area contributed by atoms with Crippen molar-refractivity contribution in [2.45, 2.75) is 51.6 Å².